The SMILES string of the molecule is CCOC(=O)c1ccccc1Nc1cc(C(=O)NCc2ccccc2)nc(C)n1. The normalized spacial score (nSPS) is 10.3. The van der Waals surface area contributed by atoms with E-state index in [9.17, 15) is 9.59 Å². The lowest BCUT2D eigenvalue weighted by atomic mass is 10.2. The Morgan fingerprint density at radius 1 is 1.00 bits per heavy atom. The third kappa shape index (κ3) is 5.38. The van der Waals surface area contributed by atoms with Crippen LogP contribution in [0.4, 0.5) is 11.5 Å². The first-order valence-corrected chi connectivity index (χ1v) is 9.28. The van der Waals surface area contributed by atoms with E-state index < -0.39 is 5.97 Å². The zero-order valence-corrected chi connectivity index (χ0v) is 16.3. The van der Waals surface area contributed by atoms with Crippen LogP contribution < -0.4 is 10.6 Å². The molecule has 2 aromatic carbocycles. The molecular formula is C22H22N4O3. The maximum atomic E-state index is 12.5. The van der Waals surface area contributed by atoms with Crippen molar-refractivity contribution in [3.05, 3.63) is 83.3 Å². The van der Waals surface area contributed by atoms with E-state index in [0.29, 0.717) is 29.4 Å². The lowest BCUT2D eigenvalue weighted by Crippen LogP contribution is -2.24. The van der Waals surface area contributed by atoms with Crippen LogP contribution >= 0.6 is 0 Å². The summed E-state index contributed by atoms with van der Waals surface area (Å²) in [6, 6.07) is 18.1. The molecule has 3 rings (SSSR count). The van der Waals surface area contributed by atoms with Crippen LogP contribution in [0.15, 0.2) is 60.7 Å². The van der Waals surface area contributed by atoms with Crippen LogP contribution in [0.1, 0.15) is 39.2 Å². The summed E-state index contributed by atoms with van der Waals surface area (Å²) in [4.78, 5) is 33.2. The molecule has 2 N–H and O–H groups in total. The molecule has 7 nitrogen and oxygen atoms in total. The van der Waals surface area contributed by atoms with Crippen molar-refractivity contribution in [2.24, 2.45) is 0 Å². The molecule has 0 aliphatic heterocycles. The summed E-state index contributed by atoms with van der Waals surface area (Å²) in [6.07, 6.45) is 0. The molecule has 29 heavy (non-hydrogen) atoms. The Hall–Kier alpha value is -3.74. The number of carbonyl (C=O) groups excluding carboxylic acids is 2. The fourth-order valence-electron chi connectivity index (χ4n) is 2.73. The van der Waals surface area contributed by atoms with Crippen LogP contribution in [0.25, 0.3) is 0 Å². The number of ether oxygens (including phenoxy) is 1. The van der Waals surface area contributed by atoms with Gasteiger partial charge in [-0.3, -0.25) is 4.79 Å². The van der Waals surface area contributed by atoms with Gasteiger partial charge in [0.05, 0.1) is 17.9 Å². The van der Waals surface area contributed by atoms with E-state index in [0.717, 1.165) is 5.56 Å². The minimum Gasteiger partial charge on any atom is -0.462 e. The highest BCUT2D eigenvalue weighted by atomic mass is 16.5. The summed E-state index contributed by atoms with van der Waals surface area (Å²) in [6.45, 7) is 4.14. The largest absolute Gasteiger partial charge is 0.462 e. The van der Waals surface area contributed by atoms with Gasteiger partial charge in [0.1, 0.15) is 17.3 Å². The second kappa shape index (κ2) is 9.45. The third-order valence-electron chi connectivity index (χ3n) is 4.05. The number of carbonyl (C=O) groups is 2. The number of esters is 1. The van der Waals surface area contributed by atoms with Gasteiger partial charge in [0.2, 0.25) is 0 Å². The number of hydrogen-bond donors (Lipinski definition) is 2. The Morgan fingerprint density at radius 3 is 2.48 bits per heavy atom. The van der Waals surface area contributed by atoms with Gasteiger partial charge in [-0.15, -0.1) is 0 Å². The molecule has 1 aromatic heterocycles. The van der Waals surface area contributed by atoms with E-state index in [2.05, 4.69) is 20.6 Å². The van der Waals surface area contributed by atoms with Gasteiger partial charge in [-0.05, 0) is 31.5 Å². The Bertz CT molecular complexity index is 1010. The second-order valence-corrected chi connectivity index (χ2v) is 6.24. The Balaban J connectivity index is 1.78. The molecule has 1 heterocycles. The predicted octanol–water partition coefficient (Wildman–Crippen LogP) is 3.64. The number of hydrogen-bond acceptors (Lipinski definition) is 6. The van der Waals surface area contributed by atoms with Gasteiger partial charge in [0, 0.05) is 12.6 Å². The number of nitrogens with zero attached hydrogens (tertiary/aromatic N) is 2. The molecule has 7 heteroatoms. The van der Waals surface area contributed by atoms with Gasteiger partial charge in [-0.2, -0.15) is 0 Å². The first-order valence-electron chi connectivity index (χ1n) is 9.28. The minimum absolute atomic E-state index is 0.240. The average Bonchev–Trinajstić information content (AvgIpc) is 2.73. The molecule has 0 bridgehead atoms. The average molecular weight is 390 g/mol. The molecule has 0 aliphatic rings. The van der Waals surface area contributed by atoms with E-state index in [1.165, 1.54) is 0 Å². The monoisotopic (exact) mass is 390 g/mol. The van der Waals surface area contributed by atoms with Crippen molar-refractivity contribution in [2.75, 3.05) is 11.9 Å². The highest BCUT2D eigenvalue weighted by Gasteiger charge is 2.14. The molecule has 0 spiro atoms. The molecular weight excluding hydrogens is 368 g/mol. The van der Waals surface area contributed by atoms with Crippen molar-refractivity contribution in [1.29, 1.82) is 0 Å². The smallest absolute Gasteiger partial charge is 0.340 e. The summed E-state index contributed by atoms with van der Waals surface area (Å²) in [5, 5.41) is 5.94. The first-order chi connectivity index (χ1) is 14.1. The number of rotatable bonds is 7. The third-order valence-corrected chi connectivity index (χ3v) is 4.05. The number of nitrogens with one attached hydrogen (secondary N) is 2. The topological polar surface area (TPSA) is 93.2 Å². The lowest BCUT2D eigenvalue weighted by Gasteiger charge is -2.12. The zero-order valence-electron chi connectivity index (χ0n) is 16.3. The minimum atomic E-state index is -0.429. The quantitative estimate of drug-likeness (QED) is 0.599. The summed E-state index contributed by atoms with van der Waals surface area (Å²) in [5.74, 6) is 0.121. The van der Waals surface area contributed by atoms with Gasteiger partial charge >= 0.3 is 5.97 Å². The molecule has 0 aliphatic carbocycles. The van der Waals surface area contributed by atoms with Crippen LogP contribution in [0.5, 0.6) is 0 Å². The molecule has 1 amide bonds. The Labute approximate surface area is 169 Å². The molecule has 0 radical (unpaired) electrons. The van der Waals surface area contributed by atoms with Gasteiger partial charge in [0.25, 0.3) is 5.91 Å². The number of aryl methyl sites for hydroxylation is 1. The number of para-hydroxylation sites is 1. The van der Waals surface area contributed by atoms with Crippen molar-refractivity contribution >= 4 is 23.4 Å². The van der Waals surface area contributed by atoms with E-state index >= 15 is 0 Å². The molecule has 0 atom stereocenters. The van der Waals surface area contributed by atoms with E-state index in [1.807, 2.05) is 30.3 Å². The van der Waals surface area contributed by atoms with E-state index in [4.69, 9.17) is 4.74 Å². The molecule has 0 unspecified atom stereocenters. The van der Waals surface area contributed by atoms with Gasteiger partial charge in [-0.25, -0.2) is 14.8 Å². The maximum absolute atomic E-state index is 12.5. The van der Waals surface area contributed by atoms with Crippen LogP contribution in [0, 0.1) is 6.92 Å². The van der Waals surface area contributed by atoms with Gasteiger partial charge < -0.3 is 15.4 Å². The number of aromatic nitrogens is 2. The summed E-state index contributed by atoms with van der Waals surface area (Å²) in [5.41, 5.74) is 2.17. The molecule has 0 saturated heterocycles. The van der Waals surface area contributed by atoms with Crippen LogP contribution in [-0.4, -0.2) is 28.5 Å². The van der Waals surface area contributed by atoms with Crippen molar-refractivity contribution in [2.45, 2.75) is 20.4 Å². The highest BCUT2D eigenvalue weighted by molar-refractivity contribution is 5.97. The van der Waals surface area contributed by atoms with E-state index in [-0.39, 0.29) is 18.2 Å². The molecule has 148 valence electrons. The summed E-state index contributed by atoms with van der Waals surface area (Å²) in [7, 11) is 0. The number of benzene rings is 2. The summed E-state index contributed by atoms with van der Waals surface area (Å²) >= 11 is 0. The number of amides is 1. The van der Waals surface area contributed by atoms with Crippen LogP contribution in [0.3, 0.4) is 0 Å². The Kier molecular flexibility index (Phi) is 6.52. The van der Waals surface area contributed by atoms with Crippen molar-refractivity contribution in [3.63, 3.8) is 0 Å². The maximum Gasteiger partial charge on any atom is 0.340 e. The number of anilines is 2. The highest BCUT2D eigenvalue weighted by Crippen LogP contribution is 2.21. The van der Waals surface area contributed by atoms with Crippen LogP contribution in [-0.2, 0) is 11.3 Å². The fraction of sp³-hybridized carbons (Fsp3) is 0.182. The van der Waals surface area contributed by atoms with Crippen molar-refractivity contribution in [3.8, 4) is 0 Å². The van der Waals surface area contributed by atoms with Crippen LogP contribution in [0.2, 0.25) is 0 Å². The molecule has 0 saturated carbocycles. The second-order valence-electron chi connectivity index (χ2n) is 6.24. The summed E-state index contributed by atoms with van der Waals surface area (Å²) < 4.78 is 5.09. The van der Waals surface area contributed by atoms with Gasteiger partial charge in [-0.1, -0.05) is 42.5 Å². The van der Waals surface area contributed by atoms with E-state index in [1.54, 1.807) is 44.2 Å². The predicted molar refractivity (Wildman–Crippen MR) is 110 cm³/mol. The van der Waals surface area contributed by atoms with Crippen molar-refractivity contribution in [1.82, 2.24) is 15.3 Å². The molecule has 3 aromatic rings. The van der Waals surface area contributed by atoms with Gasteiger partial charge in [0.15, 0.2) is 0 Å². The Morgan fingerprint density at radius 2 is 1.72 bits per heavy atom. The molecule has 0 fully saturated rings. The lowest BCUT2D eigenvalue weighted by molar-refractivity contribution is 0.0527. The van der Waals surface area contributed by atoms with Crippen molar-refractivity contribution < 1.29 is 14.3 Å². The standard InChI is InChI=1S/C22H22N4O3/c1-3-29-22(28)17-11-7-8-12-18(17)26-20-13-19(24-15(2)25-20)21(27)23-14-16-9-5-4-6-10-16/h4-13H,3,14H2,1-2H3,(H,23,27)(H,24,25,26). The fourth-order valence-corrected chi connectivity index (χ4v) is 2.73. The first kappa shape index (κ1) is 20.0. The zero-order chi connectivity index (χ0) is 20.6.